The molecule has 0 aliphatic rings. The Morgan fingerprint density at radius 1 is 0.862 bits per heavy atom. The van der Waals surface area contributed by atoms with E-state index in [1.807, 2.05) is 0 Å². The smallest absolute Gasteiger partial charge is 0.339 e. The van der Waals surface area contributed by atoms with Crippen molar-refractivity contribution in [2.24, 2.45) is 0 Å². The number of methoxy groups -OCH3 is 3. The molecule has 0 bridgehead atoms. The van der Waals surface area contributed by atoms with E-state index >= 15 is 0 Å². The van der Waals surface area contributed by atoms with Gasteiger partial charge in [0.05, 0.1) is 44.1 Å². The fourth-order valence-corrected chi connectivity index (χ4v) is 3.03. The van der Waals surface area contributed by atoms with Crippen molar-refractivity contribution in [2.45, 2.75) is 0 Å². The van der Waals surface area contributed by atoms with Gasteiger partial charge in [-0.1, -0.05) is 12.1 Å². The molecule has 0 radical (unpaired) electrons. The van der Waals surface area contributed by atoms with E-state index in [1.165, 1.54) is 21.3 Å². The average molecular weight is 418 g/mol. The van der Waals surface area contributed by atoms with Gasteiger partial charge in [-0.15, -0.1) is 11.8 Å². The first-order valence-corrected chi connectivity index (χ1v) is 9.70. The molecular formula is C20H22N2O6S. The number of anilines is 2. The van der Waals surface area contributed by atoms with Gasteiger partial charge in [0.1, 0.15) is 0 Å². The quantitative estimate of drug-likeness (QED) is 0.604. The monoisotopic (exact) mass is 418 g/mol. The molecule has 0 fully saturated rings. The van der Waals surface area contributed by atoms with Crippen molar-refractivity contribution in [2.75, 3.05) is 43.5 Å². The third-order valence-corrected chi connectivity index (χ3v) is 4.67. The molecule has 0 aliphatic heterocycles. The fourth-order valence-electron chi connectivity index (χ4n) is 2.41. The SMILES string of the molecule is COC(=O)c1ccccc1NC(=O)CSCC(=O)Nc1ccc(OC)c(OC)c1. The lowest BCUT2D eigenvalue weighted by atomic mass is 10.2. The summed E-state index contributed by atoms with van der Waals surface area (Å²) in [6.45, 7) is 0. The Morgan fingerprint density at radius 3 is 2.17 bits per heavy atom. The molecule has 0 saturated heterocycles. The maximum absolute atomic E-state index is 12.1. The Bertz CT molecular complexity index is 887. The van der Waals surface area contributed by atoms with Gasteiger partial charge in [0.15, 0.2) is 11.5 Å². The molecule has 8 nitrogen and oxygen atoms in total. The van der Waals surface area contributed by atoms with E-state index < -0.39 is 5.97 Å². The van der Waals surface area contributed by atoms with E-state index in [1.54, 1.807) is 42.5 Å². The Labute approximate surface area is 172 Å². The number of amides is 2. The summed E-state index contributed by atoms with van der Waals surface area (Å²) in [6.07, 6.45) is 0. The van der Waals surface area contributed by atoms with Crippen LogP contribution >= 0.6 is 11.8 Å². The average Bonchev–Trinajstić information content (AvgIpc) is 2.73. The van der Waals surface area contributed by atoms with Crippen LogP contribution in [-0.4, -0.2) is 50.6 Å². The Balaban J connectivity index is 1.83. The second-order valence-electron chi connectivity index (χ2n) is 5.70. The molecule has 29 heavy (non-hydrogen) atoms. The molecule has 154 valence electrons. The lowest BCUT2D eigenvalue weighted by molar-refractivity contribution is -0.114. The zero-order valence-corrected chi connectivity index (χ0v) is 17.1. The lowest BCUT2D eigenvalue weighted by Crippen LogP contribution is -2.19. The molecule has 9 heteroatoms. The van der Waals surface area contributed by atoms with Crippen molar-refractivity contribution in [3.05, 3.63) is 48.0 Å². The highest BCUT2D eigenvalue weighted by atomic mass is 32.2. The maximum Gasteiger partial charge on any atom is 0.339 e. The van der Waals surface area contributed by atoms with Gasteiger partial charge in [-0.3, -0.25) is 9.59 Å². The molecule has 2 N–H and O–H groups in total. The lowest BCUT2D eigenvalue weighted by Gasteiger charge is -2.11. The van der Waals surface area contributed by atoms with Crippen molar-refractivity contribution in [1.29, 1.82) is 0 Å². The van der Waals surface area contributed by atoms with Crippen LogP contribution in [0.4, 0.5) is 11.4 Å². The van der Waals surface area contributed by atoms with Crippen LogP contribution in [0.3, 0.4) is 0 Å². The molecule has 2 aromatic rings. The molecule has 0 aromatic heterocycles. The summed E-state index contributed by atoms with van der Waals surface area (Å²) < 4.78 is 15.0. The van der Waals surface area contributed by atoms with Crippen LogP contribution in [0.5, 0.6) is 11.5 Å². The third kappa shape index (κ3) is 6.42. The second kappa shape index (κ2) is 11.0. The number of carbonyl (C=O) groups is 3. The molecule has 0 unspecified atom stereocenters. The van der Waals surface area contributed by atoms with E-state index in [9.17, 15) is 14.4 Å². The van der Waals surface area contributed by atoms with Gasteiger partial charge in [-0.05, 0) is 24.3 Å². The van der Waals surface area contributed by atoms with Gasteiger partial charge < -0.3 is 24.8 Å². The zero-order valence-electron chi connectivity index (χ0n) is 16.3. The predicted octanol–water partition coefficient (Wildman–Crippen LogP) is 2.80. The van der Waals surface area contributed by atoms with E-state index in [2.05, 4.69) is 10.6 Å². The van der Waals surface area contributed by atoms with E-state index in [-0.39, 0.29) is 28.9 Å². The molecule has 0 aliphatic carbocycles. The Hall–Kier alpha value is -3.20. The summed E-state index contributed by atoms with van der Waals surface area (Å²) in [5, 5.41) is 5.39. The number of para-hydroxylation sites is 1. The van der Waals surface area contributed by atoms with Gasteiger partial charge in [0, 0.05) is 11.8 Å². The summed E-state index contributed by atoms with van der Waals surface area (Å²) in [6, 6.07) is 11.6. The number of hydrogen-bond acceptors (Lipinski definition) is 7. The van der Waals surface area contributed by atoms with Crippen LogP contribution in [0.15, 0.2) is 42.5 Å². The van der Waals surface area contributed by atoms with Crippen LogP contribution in [0.2, 0.25) is 0 Å². The largest absolute Gasteiger partial charge is 0.493 e. The van der Waals surface area contributed by atoms with E-state index in [4.69, 9.17) is 14.2 Å². The minimum atomic E-state index is -0.539. The zero-order chi connectivity index (χ0) is 21.2. The first kappa shape index (κ1) is 22.1. The van der Waals surface area contributed by atoms with E-state index in [0.29, 0.717) is 22.9 Å². The number of rotatable bonds is 9. The number of hydrogen-bond donors (Lipinski definition) is 2. The normalized spacial score (nSPS) is 10.0. The number of ether oxygens (including phenoxy) is 3. The first-order chi connectivity index (χ1) is 14.0. The summed E-state index contributed by atoms with van der Waals surface area (Å²) in [7, 11) is 4.31. The minimum Gasteiger partial charge on any atom is -0.493 e. The molecule has 2 aromatic carbocycles. The molecule has 0 heterocycles. The van der Waals surface area contributed by atoms with Gasteiger partial charge in [-0.2, -0.15) is 0 Å². The van der Waals surface area contributed by atoms with Crippen LogP contribution in [0.1, 0.15) is 10.4 Å². The number of benzene rings is 2. The number of nitrogens with one attached hydrogen (secondary N) is 2. The first-order valence-electron chi connectivity index (χ1n) is 8.55. The van der Waals surface area contributed by atoms with Gasteiger partial charge in [-0.25, -0.2) is 4.79 Å². The molecule has 0 spiro atoms. The number of esters is 1. The van der Waals surface area contributed by atoms with Crippen molar-refractivity contribution in [3.63, 3.8) is 0 Å². The van der Waals surface area contributed by atoms with Crippen molar-refractivity contribution < 1.29 is 28.6 Å². The predicted molar refractivity (Wildman–Crippen MR) is 112 cm³/mol. The van der Waals surface area contributed by atoms with Crippen LogP contribution < -0.4 is 20.1 Å². The highest BCUT2D eigenvalue weighted by Gasteiger charge is 2.14. The highest BCUT2D eigenvalue weighted by Crippen LogP contribution is 2.29. The standard InChI is InChI=1S/C20H22N2O6S/c1-26-16-9-8-13(10-17(16)27-2)21-18(23)11-29-12-19(24)22-15-7-5-4-6-14(15)20(25)28-3/h4-10H,11-12H2,1-3H3,(H,21,23)(H,22,24). The van der Waals surface area contributed by atoms with Crippen LogP contribution in [0.25, 0.3) is 0 Å². The summed E-state index contributed by atoms with van der Waals surface area (Å²) in [5.74, 6) is 0.0680. The van der Waals surface area contributed by atoms with Gasteiger partial charge in [0.25, 0.3) is 0 Å². The number of thioether (sulfide) groups is 1. The second-order valence-corrected chi connectivity index (χ2v) is 6.68. The molecular weight excluding hydrogens is 396 g/mol. The maximum atomic E-state index is 12.1. The summed E-state index contributed by atoms with van der Waals surface area (Å²) in [5.41, 5.74) is 1.18. The van der Waals surface area contributed by atoms with Gasteiger partial charge in [0.2, 0.25) is 11.8 Å². The minimum absolute atomic E-state index is 0.0505. The highest BCUT2D eigenvalue weighted by molar-refractivity contribution is 8.00. The molecule has 0 saturated carbocycles. The summed E-state index contributed by atoms with van der Waals surface area (Å²) in [4.78, 5) is 35.9. The molecule has 2 amide bonds. The van der Waals surface area contributed by atoms with Crippen molar-refractivity contribution >= 4 is 40.9 Å². The molecule has 0 atom stereocenters. The Kier molecular flexibility index (Phi) is 8.35. The third-order valence-electron chi connectivity index (χ3n) is 3.74. The van der Waals surface area contributed by atoms with Crippen LogP contribution in [0, 0.1) is 0 Å². The van der Waals surface area contributed by atoms with E-state index in [0.717, 1.165) is 11.8 Å². The fraction of sp³-hybridized carbons (Fsp3) is 0.250. The topological polar surface area (TPSA) is 103 Å². The van der Waals surface area contributed by atoms with Gasteiger partial charge >= 0.3 is 5.97 Å². The number of carbonyl (C=O) groups excluding carboxylic acids is 3. The molecule has 2 rings (SSSR count). The van der Waals surface area contributed by atoms with Crippen molar-refractivity contribution in [3.8, 4) is 11.5 Å². The van der Waals surface area contributed by atoms with Crippen LogP contribution in [-0.2, 0) is 14.3 Å². The Morgan fingerprint density at radius 2 is 1.52 bits per heavy atom. The summed E-state index contributed by atoms with van der Waals surface area (Å²) >= 11 is 1.15. The van der Waals surface area contributed by atoms with Crippen molar-refractivity contribution in [1.82, 2.24) is 0 Å².